The van der Waals surface area contributed by atoms with Gasteiger partial charge in [-0.05, 0) is 43.3 Å². The number of rotatable bonds is 10. The first-order valence-corrected chi connectivity index (χ1v) is 9.51. The molecule has 0 spiro atoms. The molecule has 2 aromatic carbocycles. The molecule has 0 bridgehead atoms. The standard InChI is InChI=1S/C17H16F4N2O5S/c1-2-26-12-5-7-14(8-6-12)29(24,25)23-22-10-11-3-4-13(27-16(18)19)9-15(11)28-17(20)21/h3-10,16-17,23H,2H2,1H3/b22-10+. The Hall–Kier alpha value is -3.02. The van der Waals surface area contributed by atoms with Crippen LogP contribution in [0.5, 0.6) is 17.2 Å². The first-order chi connectivity index (χ1) is 13.7. The third kappa shape index (κ3) is 6.82. The second-order valence-electron chi connectivity index (χ2n) is 5.21. The maximum atomic E-state index is 12.5. The van der Waals surface area contributed by atoms with Gasteiger partial charge in [0.25, 0.3) is 10.0 Å². The SMILES string of the molecule is CCOc1ccc(S(=O)(=O)N/N=C/c2ccc(OC(F)F)cc2OC(F)F)cc1. The fraction of sp³-hybridized carbons (Fsp3) is 0.235. The predicted octanol–water partition coefficient (Wildman–Crippen LogP) is 3.60. The third-order valence-electron chi connectivity index (χ3n) is 3.25. The number of hydrogen-bond acceptors (Lipinski definition) is 6. The molecule has 29 heavy (non-hydrogen) atoms. The quantitative estimate of drug-likeness (QED) is 0.349. The van der Waals surface area contributed by atoms with E-state index in [0.29, 0.717) is 12.4 Å². The Labute approximate surface area is 163 Å². The molecule has 2 rings (SSSR count). The number of hydrazone groups is 1. The summed E-state index contributed by atoms with van der Waals surface area (Å²) < 4.78 is 87.6. The number of nitrogens with zero attached hydrogens (tertiary/aromatic N) is 1. The molecule has 7 nitrogen and oxygen atoms in total. The maximum absolute atomic E-state index is 12.5. The molecular formula is C17H16F4N2O5S. The molecule has 0 heterocycles. The Morgan fingerprint density at radius 1 is 1.00 bits per heavy atom. The Morgan fingerprint density at radius 2 is 1.62 bits per heavy atom. The summed E-state index contributed by atoms with van der Waals surface area (Å²) in [6.45, 7) is -4.21. The highest BCUT2D eigenvalue weighted by Gasteiger charge is 2.15. The van der Waals surface area contributed by atoms with E-state index in [-0.39, 0.29) is 10.5 Å². The van der Waals surface area contributed by atoms with Crippen molar-refractivity contribution in [3.8, 4) is 17.2 Å². The normalized spacial score (nSPS) is 11.8. The number of halogens is 4. The molecule has 0 aromatic heterocycles. The lowest BCUT2D eigenvalue weighted by atomic mass is 10.2. The number of hydrogen-bond donors (Lipinski definition) is 1. The van der Waals surface area contributed by atoms with Crippen LogP contribution in [-0.4, -0.2) is 34.5 Å². The van der Waals surface area contributed by atoms with Gasteiger partial charge in [0.2, 0.25) is 0 Å². The van der Waals surface area contributed by atoms with Gasteiger partial charge >= 0.3 is 13.2 Å². The predicted molar refractivity (Wildman–Crippen MR) is 95.2 cm³/mol. The zero-order valence-electron chi connectivity index (χ0n) is 14.9. The van der Waals surface area contributed by atoms with Gasteiger partial charge < -0.3 is 14.2 Å². The molecule has 0 radical (unpaired) electrons. The first kappa shape index (κ1) is 22.3. The largest absolute Gasteiger partial charge is 0.494 e. The molecule has 0 aliphatic carbocycles. The minimum Gasteiger partial charge on any atom is -0.494 e. The smallest absolute Gasteiger partial charge is 0.387 e. The van der Waals surface area contributed by atoms with Gasteiger partial charge in [-0.2, -0.15) is 31.1 Å². The van der Waals surface area contributed by atoms with Crippen molar-refractivity contribution in [1.29, 1.82) is 0 Å². The molecule has 0 aliphatic heterocycles. The van der Waals surface area contributed by atoms with Gasteiger partial charge in [0, 0.05) is 11.6 Å². The number of sulfonamides is 1. The lowest BCUT2D eigenvalue weighted by Crippen LogP contribution is -2.18. The van der Waals surface area contributed by atoms with Gasteiger partial charge in [0.05, 0.1) is 17.7 Å². The molecule has 2 aromatic rings. The van der Waals surface area contributed by atoms with Crippen LogP contribution in [-0.2, 0) is 10.0 Å². The van der Waals surface area contributed by atoms with E-state index in [4.69, 9.17) is 4.74 Å². The van der Waals surface area contributed by atoms with E-state index in [9.17, 15) is 26.0 Å². The van der Waals surface area contributed by atoms with Crippen LogP contribution < -0.4 is 19.0 Å². The molecule has 1 N–H and O–H groups in total. The molecule has 12 heteroatoms. The van der Waals surface area contributed by atoms with Crippen molar-refractivity contribution in [3.63, 3.8) is 0 Å². The molecule has 0 atom stereocenters. The number of nitrogens with one attached hydrogen (secondary N) is 1. The van der Waals surface area contributed by atoms with Crippen molar-refractivity contribution in [2.45, 2.75) is 25.0 Å². The topological polar surface area (TPSA) is 86.2 Å². The highest BCUT2D eigenvalue weighted by Crippen LogP contribution is 2.26. The average Bonchev–Trinajstić information content (AvgIpc) is 2.63. The lowest BCUT2D eigenvalue weighted by Gasteiger charge is -2.11. The van der Waals surface area contributed by atoms with Crippen LogP contribution in [0.15, 0.2) is 52.5 Å². The summed E-state index contributed by atoms with van der Waals surface area (Å²) in [4.78, 5) is 1.80. The highest BCUT2D eigenvalue weighted by atomic mass is 32.2. The first-order valence-electron chi connectivity index (χ1n) is 8.02. The van der Waals surface area contributed by atoms with Crippen LogP contribution in [0.2, 0.25) is 0 Å². The minimum absolute atomic E-state index is 0.0960. The van der Waals surface area contributed by atoms with Gasteiger partial charge in [-0.1, -0.05) is 0 Å². The van der Waals surface area contributed by atoms with E-state index >= 15 is 0 Å². The van der Waals surface area contributed by atoms with Crippen LogP contribution in [0.3, 0.4) is 0 Å². The molecule has 0 unspecified atom stereocenters. The van der Waals surface area contributed by atoms with E-state index in [1.165, 1.54) is 24.3 Å². The van der Waals surface area contributed by atoms with Crippen LogP contribution in [0, 0.1) is 0 Å². The average molecular weight is 436 g/mol. The minimum atomic E-state index is -4.04. The van der Waals surface area contributed by atoms with E-state index in [1.807, 2.05) is 4.83 Å². The van der Waals surface area contributed by atoms with Crippen molar-refractivity contribution in [2.75, 3.05) is 6.61 Å². The van der Waals surface area contributed by atoms with Crippen LogP contribution in [0.25, 0.3) is 0 Å². The van der Waals surface area contributed by atoms with Crippen LogP contribution in [0.4, 0.5) is 17.6 Å². The number of benzene rings is 2. The molecular weight excluding hydrogens is 420 g/mol. The Bertz CT molecular complexity index is 937. The Balaban J connectivity index is 2.17. The van der Waals surface area contributed by atoms with Crippen LogP contribution in [0.1, 0.15) is 12.5 Å². The zero-order valence-corrected chi connectivity index (χ0v) is 15.7. The number of alkyl halides is 4. The Morgan fingerprint density at radius 3 is 2.21 bits per heavy atom. The van der Waals surface area contributed by atoms with Crippen molar-refractivity contribution in [1.82, 2.24) is 4.83 Å². The second kappa shape index (κ2) is 9.96. The summed E-state index contributed by atoms with van der Waals surface area (Å²) in [7, 11) is -4.04. The summed E-state index contributed by atoms with van der Waals surface area (Å²) in [5.74, 6) is -0.459. The monoisotopic (exact) mass is 436 g/mol. The summed E-state index contributed by atoms with van der Waals surface area (Å²) in [5, 5.41) is 3.50. The van der Waals surface area contributed by atoms with Crippen molar-refractivity contribution in [2.24, 2.45) is 5.10 Å². The third-order valence-corrected chi connectivity index (χ3v) is 4.49. The van der Waals surface area contributed by atoms with Gasteiger partial charge in [-0.15, -0.1) is 0 Å². The van der Waals surface area contributed by atoms with Crippen molar-refractivity contribution < 1.29 is 40.2 Å². The highest BCUT2D eigenvalue weighted by molar-refractivity contribution is 7.89. The van der Waals surface area contributed by atoms with Crippen LogP contribution >= 0.6 is 0 Å². The van der Waals surface area contributed by atoms with E-state index in [1.54, 1.807) is 6.92 Å². The maximum Gasteiger partial charge on any atom is 0.387 e. The van der Waals surface area contributed by atoms with E-state index in [2.05, 4.69) is 14.6 Å². The summed E-state index contributed by atoms with van der Waals surface area (Å²) in [5.41, 5.74) is -0.0960. The molecule has 0 amide bonds. The fourth-order valence-electron chi connectivity index (χ4n) is 2.10. The summed E-state index contributed by atoms with van der Waals surface area (Å²) >= 11 is 0. The summed E-state index contributed by atoms with van der Waals surface area (Å²) in [6, 6.07) is 8.48. The van der Waals surface area contributed by atoms with Gasteiger partial charge in [-0.25, -0.2) is 4.83 Å². The molecule has 0 saturated carbocycles. The molecule has 0 saturated heterocycles. The van der Waals surface area contributed by atoms with Crippen molar-refractivity contribution in [3.05, 3.63) is 48.0 Å². The van der Waals surface area contributed by atoms with Gasteiger partial charge in [0.1, 0.15) is 17.2 Å². The second-order valence-corrected chi connectivity index (χ2v) is 6.87. The Kier molecular flexibility index (Phi) is 7.65. The lowest BCUT2D eigenvalue weighted by molar-refractivity contribution is -0.0543. The molecule has 0 fully saturated rings. The molecule has 0 aliphatic rings. The fourth-order valence-corrected chi connectivity index (χ4v) is 2.89. The van der Waals surface area contributed by atoms with E-state index in [0.717, 1.165) is 24.4 Å². The van der Waals surface area contributed by atoms with E-state index < -0.39 is 34.7 Å². The zero-order chi connectivity index (χ0) is 21.4. The van der Waals surface area contributed by atoms with Crippen molar-refractivity contribution >= 4 is 16.2 Å². The van der Waals surface area contributed by atoms with Gasteiger partial charge in [-0.3, -0.25) is 0 Å². The van der Waals surface area contributed by atoms with Gasteiger partial charge in [0.15, 0.2) is 0 Å². The number of ether oxygens (including phenoxy) is 3. The summed E-state index contributed by atoms with van der Waals surface area (Å²) in [6.07, 6.45) is 0.885. The molecule has 158 valence electrons.